The van der Waals surface area contributed by atoms with Crippen LogP contribution in [0.4, 0.5) is 0 Å². The fourth-order valence-electron chi connectivity index (χ4n) is 3.25. The maximum Gasteiger partial charge on any atom is 0.278 e. The van der Waals surface area contributed by atoms with Gasteiger partial charge in [0.15, 0.2) is 5.16 Å². The number of hydrogen-bond donors (Lipinski definition) is 2. The van der Waals surface area contributed by atoms with Crippen LogP contribution in [0.1, 0.15) is 50.5 Å². The molecule has 8 heteroatoms. The highest BCUT2D eigenvalue weighted by Gasteiger charge is 2.18. The van der Waals surface area contributed by atoms with Crippen LogP contribution >= 0.6 is 11.8 Å². The van der Waals surface area contributed by atoms with Gasteiger partial charge in [-0.1, -0.05) is 30.8 Å². The number of methoxy groups -OCH3 is 1. The summed E-state index contributed by atoms with van der Waals surface area (Å²) in [6.45, 7) is 7.85. The molecule has 0 saturated heterocycles. The fraction of sp³-hybridized carbons (Fsp3) is 0.409. The molecule has 0 aliphatic heterocycles. The Balaban J connectivity index is 1.75. The van der Waals surface area contributed by atoms with Gasteiger partial charge in [0.2, 0.25) is 5.91 Å². The van der Waals surface area contributed by atoms with Crippen LogP contribution in [0.5, 0.6) is 5.75 Å². The lowest BCUT2D eigenvalue weighted by molar-refractivity contribution is -0.119. The first-order valence-electron chi connectivity index (χ1n) is 10.0. The van der Waals surface area contributed by atoms with Gasteiger partial charge in [0.1, 0.15) is 11.3 Å². The van der Waals surface area contributed by atoms with E-state index in [4.69, 9.17) is 4.74 Å². The molecule has 0 aliphatic rings. The zero-order valence-electron chi connectivity index (χ0n) is 18.0. The molecular weight excluding hydrogens is 400 g/mol. The van der Waals surface area contributed by atoms with Crippen LogP contribution in [0.15, 0.2) is 40.3 Å². The van der Waals surface area contributed by atoms with Crippen molar-refractivity contribution in [1.29, 1.82) is 0 Å². The lowest BCUT2D eigenvalue weighted by Crippen LogP contribution is -2.29. The molecule has 30 heavy (non-hydrogen) atoms. The lowest BCUT2D eigenvalue weighted by Gasteiger charge is -2.18. The molecule has 0 aliphatic carbocycles. The highest BCUT2D eigenvalue weighted by atomic mass is 32.2. The molecule has 0 unspecified atom stereocenters. The third-order valence-corrected chi connectivity index (χ3v) is 6.10. The summed E-state index contributed by atoms with van der Waals surface area (Å²) in [5.74, 6) is 0.842. The van der Waals surface area contributed by atoms with E-state index in [0.29, 0.717) is 16.2 Å². The average molecular weight is 429 g/mol. The first-order valence-corrected chi connectivity index (χ1v) is 11.0. The number of nitrogens with zero attached hydrogens (tertiary/aromatic N) is 2. The minimum Gasteiger partial charge on any atom is -0.497 e. The fourth-order valence-corrected chi connectivity index (χ4v) is 4.16. The van der Waals surface area contributed by atoms with Crippen molar-refractivity contribution >= 4 is 28.7 Å². The Morgan fingerprint density at radius 3 is 2.63 bits per heavy atom. The molecule has 3 aromatic rings. The van der Waals surface area contributed by atoms with Crippen LogP contribution < -0.4 is 15.6 Å². The standard InChI is InChI=1S/C22H28N4O3S/c1-6-14(3)26-21(28)20-18(11-13(2)23-20)25-22(26)30-12-19(27)24-15(4)16-7-9-17(29-5)10-8-16/h7-11,14-15,23H,6,12H2,1-5H3,(H,24,27)/t14-,15-/m0/s1. The van der Waals surface area contributed by atoms with E-state index in [2.05, 4.69) is 15.3 Å². The number of amides is 1. The van der Waals surface area contributed by atoms with Crippen molar-refractivity contribution in [1.82, 2.24) is 19.9 Å². The smallest absolute Gasteiger partial charge is 0.278 e. The second-order valence-corrected chi connectivity index (χ2v) is 8.33. The number of hydrogen-bond acceptors (Lipinski definition) is 5. The number of carbonyl (C=O) groups excluding carboxylic acids is 1. The van der Waals surface area contributed by atoms with Gasteiger partial charge in [-0.25, -0.2) is 4.98 Å². The zero-order valence-corrected chi connectivity index (χ0v) is 18.8. The molecule has 0 bridgehead atoms. The monoisotopic (exact) mass is 428 g/mol. The number of benzene rings is 1. The summed E-state index contributed by atoms with van der Waals surface area (Å²) in [7, 11) is 1.62. The molecule has 3 rings (SSSR count). The topological polar surface area (TPSA) is 89.0 Å². The number of fused-ring (bicyclic) bond motifs is 1. The molecule has 0 fully saturated rings. The number of aryl methyl sites for hydroxylation is 1. The minimum atomic E-state index is -0.136. The Labute approximate surface area is 180 Å². The van der Waals surface area contributed by atoms with E-state index in [1.54, 1.807) is 11.7 Å². The molecule has 1 amide bonds. The summed E-state index contributed by atoms with van der Waals surface area (Å²) in [5, 5.41) is 3.56. The van der Waals surface area contributed by atoms with Crippen LogP contribution in [0.2, 0.25) is 0 Å². The van der Waals surface area contributed by atoms with E-state index < -0.39 is 0 Å². The molecule has 2 aromatic heterocycles. The lowest BCUT2D eigenvalue weighted by atomic mass is 10.1. The molecule has 0 radical (unpaired) electrons. The predicted octanol–water partition coefficient (Wildman–Crippen LogP) is 3.98. The van der Waals surface area contributed by atoms with Gasteiger partial charge in [-0.3, -0.25) is 14.2 Å². The molecule has 2 N–H and O–H groups in total. The summed E-state index contributed by atoms with van der Waals surface area (Å²) in [6.07, 6.45) is 0.793. The average Bonchev–Trinajstić information content (AvgIpc) is 3.12. The second kappa shape index (κ2) is 9.38. The van der Waals surface area contributed by atoms with Crippen molar-refractivity contribution in [3.63, 3.8) is 0 Å². The highest BCUT2D eigenvalue weighted by molar-refractivity contribution is 7.99. The number of H-pyrrole nitrogens is 1. The van der Waals surface area contributed by atoms with Gasteiger partial charge in [-0.15, -0.1) is 0 Å². The highest BCUT2D eigenvalue weighted by Crippen LogP contribution is 2.23. The number of carbonyl (C=O) groups is 1. The first-order chi connectivity index (χ1) is 14.3. The van der Waals surface area contributed by atoms with Gasteiger partial charge in [-0.2, -0.15) is 0 Å². The first kappa shape index (κ1) is 22.0. The third-order valence-electron chi connectivity index (χ3n) is 5.14. The van der Waals surface area contributed by atoms with E-state index in [9.17, 15) is 9.59 Å². The molecule has 0 spiro atoms. The van der Waals surface area contributed by atoms with Crippen molar-refractivity contribution < 1.29 is 9.53 Å². The van der Waals surface area contributed by atoms with Crippen molar-refractivity contribution in [2.24, 2.45) is 0 Å². The van der Waals surface area contributed by atoms with E-state index in [0.717, 1.165) is 23.4 Å². The van der Waals surface area contributed by atoms with Gasteiger partial charge in [0, 0.05) is 11.7 Å². The number of ether oxygens (including phenoxy) is 1. The van der Waals surface area contributed by atoms with E-state index in [1.807, 2.05) is 58.0 Å². The molecule has 160 valence electrons. The Morgan fingerprint density at radius 2 is 2.00 bits per heavy atom. The van der Waals surface area contributed by atoms with Gasteiger partial charge in [0.25, 0.3) is 5.56 Å². The maximum atomic E-state index is 13.0. The Kier molecular flexibility index (Phi) is 6.87. The van der Waals surface area contributed by atoms with Crippen LogP contribution in [0, 0.1) is 6.92 Å². The summed E-state index contributed by atoms with van der Waals surface area (Å²) < 4.78 is 6.85. The summed E-state index contributed by atoms with van der Waals surface area (Å²) in [6, 6.07) is 9.31. The van der Waals surface area contributed by atoms with Crippen LogP contribution in [0.25, 0.3) is 11.0 Å². The second-order valence-electron chi connectivity index (χ2n) is 7.39. The van der Waals surface area contributed by atoms with E-state index >= 15 is 0 Å². The Hall–Kier alpha value is -2.74. The predicted molar refractivity (Wildman–Crippen MR) is 120 cm³/mol. The Morgan fingerprint density at radius 1 is 1.30 bits per heavy atom. The Bertz CT molecular complexity index is 1090. The summed E-state index contributed by atoms with van der Waals surface area (Å²) in [5.41, 5.74) is 2.92. The maximum absolute atomic E-state index is 13.0. The van der Waals surface area contributed by atoms with Crippen molar-refractivity contribution in [3.05, 3.63) is 51.9 Å². The number of aromatic amines is 1. The van der Waals surface area contributed by atoms with E-state index in [-0.39, 0.29) is 29.3 Å². The van der Waals surface area contributed by atoms with Crippen molar-refractivity contribution in [3.8, 4) is 5.75 Å². The van der Waals surface area contributed by atoms with Crippen LogP contribution in [0.3, 0.4) is 0 Å². The van der Waals surface area contributed by atoms with E-state index in [1.165, 1.54) is 11.8 Å². The van der Waals surface area contributed by atoms with Crippen molar-refractivity contribution in [2.45, 2.75) is 51.4 Å². The third kappa shape index (κ3) is 4.70. The summed E-state index contributed by atoms with van der Waals surface area (Å²) >= 11 is 1.29. The molecular formula is C22H28N4O3S. The quantitative estimate of drug-likeness (QED) is 0.418. The number of thioether (sulfide) groups is 1. The summed E-state index contributed by atoms with van der Waals surface area (Å²) in [4.78, 5) is 33.3. The van der Waals surface area contributed by atoms with Crippen molar-refractivity contribution in [2.75, 3.05) is 12.9 Å². The molecule has 0 saturated carbocycles. The van der Waals surface area contributed by atoms with Crippen LogP contribution in [-0.2, 0) is 4.79 Å². The number of nitrogens with one attached hydrogen (secondary N) is 2. The van der Waals surface area contributed by atoms with Gasteiger partial charge in [0.05, 0.1) is 24.4 Å². The van der Waals surface area contributed by atoms with Gasteiger partial charge in [-0.05, 0) is 51.0 Å². The molecule has 7 nitrogen and oxygen atoms in total. The number of rotatable bonds is 8. The normalized spacial score (nSPS) is 13.2. The number of aromatic nitrogens is 3. The van der Waals surface area contributed by atoms with Gasteiger partial charge >= 0.3 is 0 Å². The molecule has 2 heterocycles. The molecule has 1 aromatic carbocycles. The zero-order chi connectivity index (χ0) is 21.8. The van der Waals surface area contributed by atoms with Gasteiger partial charge < -0.3 is 15.0 Å². The SMILES string of the molecule is CC[C@H](C)n1c(SCC(=O)N[C@@H](C)c2ccc(OC)cc2)nc2cc(C)[nH]c2c1=O. The van der Waals surface area contributed by atoms with Crippen LogP contribution in [-0.4, -0.2) is 33.3 Å². The minimum absolute atomic E-state index is 0.0122. The molecule has 2 atom stereocenters. The largest absolute Gasteiger partial charge is 0.497 e.